The number of nitrogens with one attached hydrogen (secondary N) is 2. The Kier molecular flexibility index (Phi) is 9.53. The molecular weight excluding hydrogens is 448 g/mol. The van der Waals surface area contributed by atoms with Crippen LogP contribution in [0, 0.1) is 11.3 Å². The number of ether oxygens (including phenoxy) is 2. The molecular formula is C26H30N4O5. The van der Waals surface area contributed by atoms with E-state index in [4.69, 9.17) is 9.47 Å². The van der Waals surface area contributed by atoms with Gasteiger partial charge in [0.05, 0.1) is 23.8 Å². The van der Waals surface area contributed by atoms with Crippen molar-refractivity contribution in [2.24, 2.45) is 4.99 Å². The van der Waals surface area contributed by atoms with E-state index in [-0.39, 0.29) is 16.9 Å². The van der Waals surface area contributed by atoms with Gasteiger partial charge in [0.1, 0.15) is 11.4 Å². The summed E-state index contributed by atoms with van der Waals surface area (Å²) >= 11 is 0. The predicted molar refractivity (Wildman–Crippen MR) is 132 cm³/mol. The molecule has 0 fully saturated rings. The molecule has 0 spiro atoms. The van der Waals surface area contributed by atoms with Gasteiger partial charge in [-0.15, -0.1) is 4.99 Å². The first-order chi connectivity index (χ1) is 16.6. The molecule has 0 unspecified atom stereocenters. The van der Waals surface area contributed by atoms with Gasteiger partial charge in [-0.05, 0) is 44.9 Å². The molecule has 0 aliphatic rings. The summed E-state index contributed by atoms with van der Waals surface area (Å²) in [5.74, 6) is -1.42. The summed E-state index contributed by atoms with van der Waals surface area (Å²) < 4.78 is 11.0. The monoisotopic (exact) mass is 478 g/mol. The lowest BCUT2D eigenvalue weighted by atomic mass is 9.93. The van der Waals surface area contributed by atoms with Crippen molar-refractivity contribution in [2.45, 2.75) is 53.1 Å². The lowest BCUT2D eigenvalue weighted by molar-refractivity contribution is -0.117. The molecule has 35 heavy (non-hydrogen) atoms. The van der Waals surface area contributed by atoms with Crippen molar-refractivity contribution in [1.29, 1.82) is 5.26 Å². The number of carbonyl (C=O) groups is 3. The summed E-state index contributed by atoms with van der Waals surface area (Å²) in [5.41, 5.74) is 0.496. The standard InChI is InChI=1S/C26H30N4O5/c1-6-7-15-34-20-14-13-19(16-27)21(18-11-9-8-10-12-18)22(20)23(32)29-24(28-17(2)31)30-25(33)35-26(3,4)5/h8-14H,6-7,15H2,1-5H3,(H2,28,29,30,31,32,33). The number of nitriles is 1. The Morgan fingerprint density at radius 2 is 1.74 bits per heavy atom. The van der Waals surface area contributed by atoms with Crippen LogP contribution in [0.4, 0.5) is 4.79 Å². The summed E-state index contributed by atoms with van der Waals surface area (Å²) in [6.45, 7) is 8.57. The second-order valence-corrected chi connectivity index (χ2v) is 8.62. The van der Waals surface area contributed by atoms with E-state index < -0.39 is 29.5 Å². The number of hydrogen-bond donors (Lipinski definition) is 2. The molecule has 9 heteroatoms. The van der Waals surface area contributed by atoms with Crippen molar-refractivity contribution >= 4 is 23.9 Å². The fraction of sp³-hybridized carbons (Fsp3) is 0.346. The third-order valence-electron chi connectivity index (χ3n) is 4.46. The molecule has 9 nitrogen and oxygen atoms in total. The van der Waals surface area contributed by atoms with Gasteiger partial charge in [0.2, 0.25) is 11.9 Å². The van der Waals surface area contributed by atoms with E-state index in [0.29, 0.717) is 17.7 Å². The highest BCUT2D eigenvalue weighted by molar-refractivity contribution is 6.15. The van der Waals surface area contributed by atoms with Crippen LogP contribution in [0.3, 0.4) is 0 Å². The molecule has 0 heterocycles. The van der Waals surface area contributed by atoms with E-state index in [1.807, 2.05) is 13.0 Å². The molecule has 2 aromatic carbocycles. The normalized spacial score (nSPS) is 11.3. The van der Waals surface area contributed by atoms with Crippen molar-refractivity contribution in [1.82, 2.24) is 10.6 Å². The highest BCUT2D eigenvalue weighted by Crippen LogP contribution is 2.34. The number of benzene rings is 2. The Labute approximate surface area is 205 Å². The van der Waals surface area contributed by atoms with E-state index in [2.05, 4.69) is 21.7 Å². The van der Waals surface area contributed by atoms with Crippen molar-refractivity contribution in [3.63, 3.8) is 0 Å². The van der Waals surface area contributed by atoms with Crippen LogP contribution in [0.1, 0.15) is 63.4 Å². The second-order valence-electron chi connectivity index (χ2n) is 8.62. The topological polar surface area (TPSA) is 130 Å². The molecule has 0 aromatic heterocycles. The van der Waals surface area contributed by atoms with Crippen LogP contribution in [0.2, 0.25) is 0 Å². The second kappa shape index (κ2) is 12.3. The number of guanidine groups is 1. The van der Waals surface area contributed by atoms with Gasteiger partial charge in [-0.2, -0.15) is 5.26 Å². The van der Waals surface area contributed by atoms with Gasteiger partial charge in [0.25, 0.3) is 5.91 Å². The average Bonchev–Trinajstić information content (AvgIpc) is 2.77. The van der Waals surface area contributed by atoms with Crippen molar-refractivity contribution < 1.29 is 23.9 Å². The maximum Gasteiger partial charge on any atom is 0.437 e. The minimum Gasteiger partial charge on any atom is -0.493 e. The van der Waals surface area contributed by atoms with E-state index in [0.717, 1.165) is 12.8 Å². The third kappa shape index (κ3) is 8.27. The SMILES string of the molecule is CCCCOc1ccc(C#N)c(-c2ccccc2)c1C(=O)N/C(=N\C(=O)OC(C)(C)C)NC(C)=O. The Balaban J connectivity index is 2.59. The molecule has 184 valence electrons. The molecule has 0 atom stereocenters. The van der Waals surface area contributed by atoms with E-state index in [1.54, 1.807) is 57.2 Å². The molecule has 0 radical (unpaired) electrons. The summed E-state index contributed by atoms with van der Waals surface area (Å²) in [6, 6.07) is 14.2. The Hall–Kier alpha value is -4.19. The van der Waals surface area contributed by atoms with Crippen LogP contribution in [-0.2, 0) is 9.53 Å². The van der Waals surface area contributed by atoms with E-state index in [1.165, 1.54) is 6.92 Å². The molecule has 0 saturated heterocycles. The number of amides is 3. The first-order valence-corrected chi connectivity index (χ1v) is 11.2. The lowest BCUT2D eigenvalue weighted by Gasteiger charge is -2.19. The molecule has 2 aromatic rings. The number of carbonyl (C=O) groups excluding carboxylic acids is 3. The van der Waals surface area contributed by atoms with Gasteiger partial charge in [0, 0.05) is 12.5 Å². The van der Waals surface area contributed by atoms with Crippen LogP contribution in [0.5, 0.6) is 5.75 Å². The lowest BCUT2D eigenvalue weighted by Crippen LogP contribution is -2.44. The van der Waals surface area contributed by atoms with E-state index in [9.17, 15) is 19.6 Å². The maximum atomic E-state index is 13.5. The smallest absolute Gasteiger partial charge is 0.437 e. The van der Waals surface area contributed by atoms with Gasteiger partial charge in [-0.25, -0.2) is 4.79 Å². The number of aliphatic imine (C=N–C) groups is 1. The van der Waals surface area contributed by atoms with Gasteiger partial charge >= 0.3 is 6.09 Å². The molecule has 0 saturated carbocycles. The summed E-state index contributed by atoms with van der Waals surface area (Å²) in [6.07, 6.45) is 0.660. The highest BCUT2D eigenvalue weighted by atomic mass is 16.6. The quantitative estimate of drug-likeness (QED) is 0.356. The van der Waals surface area contributed by atoms with Gasteiger partial charge in [-0.3, -0.25) is 20.2 Å². The Morgan fingerprint density at radius 3 is 2.31 bits per heavy atom. The molecule has 3 amide bonds. The molecule has 0 aliphatic carbocycles. The first-order valence-electron chi connectivity index (χ1n) is 11.2. The van der Waals surface area contributed by atoms with Gasteiger partial charge in [0.15, 0.2) is 0 Å². The van der Waals surface area contributed by atoms with Crippen LogP contribution in [-0.4, -0.2) is 36.1 Å². The first kappa shape index (κ1) is 27.1. The fourth-order valence-corrected chi connectivity index (χ4v) is 3.05. The Morgan fingerprint density at radius 1 is 1.06 bits per heavy atom. The average molecular weight is 479 g/mol. The highest BCUT2D eigenvalue weighted by Gasteiger charge is 2.25. The van der Waals surface area contributed by atoms with Gasteiger partial charge in [-0.1, -0.05) is 43.7 Å². The van der Waals surface area contributed by atoms with Crippen LogP contribution < -0.4 is 15.4 Å². The van der Waals surface area contributed by atoms with Crippen molar-refractivity contribution in [2.75, 3.05) is 6.61 Å². The number of hydrogen-bond acceptors (Lipinski definition) is 6. The third-order valence-corrected chi connectivity index (χ3v) is 4.46. The number of nitrogens with zero attached hydrogens (tertiary/aromatic N) is 2. The van der Waals surface area contributed by atoms with Crippen LogP contribution >= 0.6 is 0 Å². The van der Waals surface area contributed by atoms with Crippen LogP contribution in [0.25, 0.3) is 11.1 Å². The summed E-state index contributed by atoms with van der Waals surface area (Å²) in [4.78, 5) is 41.2. The summed E-state index contributed by atoms with van der Waals surface area (Å²) in [7, 11) is 0. The minimum absolute atomic E-state index is 0.0774. The number of unbranched alkanes of at least 4 members (excludes halogenated alkanes) is 1. The number of rotatable bonds is 6. The van der Waals surface area contributed by atoms with Crippen molar-refractivity contribution in [3.05, 3.63) is 53.6 Å². The predicted octanol–water partition coefficient (Wildman–Crippen LogP) is 4.56. The van der Waals surface area contributed by atoms with Gasteiger partial charge < -0.3 is 9.47 Å². The Bertz CT molecular complexity index is 1140. The molecule has 2 N–H and O–H groups in total. The van der Waals surface area contributed by atoms with Crippen molar-refractivity contribution in [3.8, 4) is 22.9 Å². The molecule has 0 aliphatic heterocycles. The zero-order valence-electron chi connectivity index (χ0n) is 20.6. The molecule has 0 bridgehead atoms. The van der Waals surface area contributed by atoms with Crippen LogP contribution in [0.15, 0.2) is 47.5 Å². The zero-order valence-corrected chi connectivity index (χ0v) is 20.6. The maximum absolute atomic E-state index is 13.5. The minimum atomic E-state index is -0.991. The zero-order chi connectivity index (χ0) is 26.0. The summed E-state index contributed by atoms with van der Waals surface area (Å²) in [5, 5.41) is 14.5. The fourth-order valence-electron chi connectivity index (χ4n) is 3.05. The largest absolute Gasteiger partial charge is 0.493 e. The van der Waals surface area contributed by atoms with E-state index >= 15 is 0 Å². The molecule has 2 rings (SSSR count).